The van der Waals surface area contributed by atoms with Gasteiger partial charge in [-0.2, -0.15) is 0 Å². The molecule has 19 heavy (non-hydrogen) atoms. The fourth-order valence-electron chi connectivity index (χ4n) is 4.12. The van der Waals surface area contributed by atoms with Crippen LogP contribution in [0.3, 0.4) is 0 Å². The quantitative estimate of drug-likeness (QED) is 0.683. The minimum atomic E-state index is 0.516. The van der Waals surface area contributed by atoms with Crippen LogP contribution in [0, 0.1) is 11.3 Å². The van der Waals surface area contributed by atoms with Gasteiger partial charge in [-0.15, -0.1) is 0 Å². The summed E-state index contributed by atoms with van der Waals surface area (Å²) in [5.41, 5.74) is 2.25. The minimum Gasteiger partial charge on any atom is -0.310 e. The molecule has 0 heterocycles. The molecule has 0 bridgehead atoms. The topological polar surface area (TPSA) is 12.0 Å². The molecule has 2 aliphatic rings. The Labute approximate surface area is 120 Å². The predicted octanol–water partition coefficient (Wildman–Crippen LogP) is 5.07. The molecule has 0 aromatic heterocycles. The van der Waals surface area contributed by atoms with Gasteiger partial charge in [0.25, 0.3) is 0 Å². The van der Waals surface area contributed by atoms with Gasteiger partial charge in [0.05, 0.1) is 0 Å². The molecular weight excluding hydrogens is 230 g/mol. The zero-order chi connectivity index (χ0) is 13.7. The molecule has 0 spiro atoms. The van der Waals surface area contributed by atoms with E-state index in [4.69, 9.17) is 0 Å². The fraction of sp³-hybridized carbons (Fsp3) is 0.889. The molecule has 1 N–H and O–H groups in total. The third-order valence-electron chi connectivity index (χ3n) is 5.33. The highest BCUT2D eigenvalue weighted by Gasteiger charge is 2.38. The highest BCUT2D eigenvalue weighted by atomic mass is 14.9. The molecular formula is C18H33N. The first kappa shape index (κ1) is 15.1. The van der Waals surface area contributed by atoms with E-state index in [1.165, 1.54) is 64.3 Å². The van der Waals surface area contributed by atoms with Crippen molar-refractivity contribution in [1.82, 2.24) is 5.32 Å². The second-order valence-electron chi connectivity index (χ2n) is 7.30. The molecule has 0 aliphatic heterocycles. The highest BCUT2D eigenvalue weighted by Crippen LogP contribution is 2.44. The van der Waals surface area contributed by atoms with Crippen molar-refractivity contribution in [1.29, 1.82) is 0 Å². The van der Waals surface area contributed by atoms with Crippen LogP contribution in [0.15, 0.2) is 11.6 Å². The van der Waals surface area contributed by atoms with Crippen LogP contribution in [-0.2, 0) is 0 Å². The first-order valence-electron chi connectivity index (χ1n) is 8.57. The Morgan fingerprint density at radius 2 is 2.11 bits per heavy atom. The summed E-state index contributed by atoms with van der Waals surface area (Å²) in [6, 6.07) is 0.663. The van der Waals surface area contributed by atoms with Crippen molar-refractivity contribution in [2.75, 3.05) is 6.54 Å². The summed E-state index contributed by atoms with van der Waals surface area (Å²) < 4.78 is 0. The molecule has 0 saturated heterocycles. The highest BCUT2D eigenvalue weighted by molar-refractivity contribution is 5.16. The first-order valence-corrected chi connectivity index (χ1v) is 8.57. The molecule has 0 aromatic rings. The van der Waals surface area contributed by atoms with E-state index in [1.54, 1.807) is 5.57 Å². The number of hydrogen-bond acceptors (Lipinski definition) is 1. The maximum absolute atomic E-state index is 3.90. The van der Waals surface area contributed by atoms with Crippen LogP contribution >= 0.6 is 0 Å². The Kier molecular flexibility index (Phi) is 5.50. The molecule has 1 fully saturated rings. The number of allylic oxidation sites excluding steroid dienone is 1. The van der Waals surface area contributed by atoms with E-state index in [2.05, 4.69) is 32.2 Å². The summed E-state index contributed by atoms with van der Waals surface area (Å²) in [5.74, 6) is 0.845. The van der Waals surface area contributed by atoms with E-state index >= 15 is 0 Å². The summed E-state index contributed by atoms with van der Waals surface area (Å²) in [7, 11) is 0. The Morgan fingerprint density at radius 1 is 1.26 bits per heavy atom. The van der Waals surface area contributed by atoms with E-state index in [0.717, 1.165) is 5.92 Å². The molecule has 0 amide bonds. The van der Waals surface area contributed by atoms with Gasteiger partial charge in [0.15, 0.2) is 0 Å². The first-order chi connectivity index (χ1) is 9.15. The summed E-state index contributed by atoms with van der Waals surface area (Å²) in [5, 5.41) is 3.90. The van der Waals surface area contributed by atoms with Crippen molar-refractivity contribution in [2.24, 2.45) is 11.3 Å². The predicted molar refractivity (Wildman–Crippen MR) is 84.4 cm³/mol. The second kappa shape index (κ2) is 6.92. The van der Waals surface area contributed by atoms with E-state index in [0.29, 0.717) is 11.5 Å². The van der Waals surface area contributed by atoms with Crippen LogP contribution in [0.2, 0.25) is 0 Å². The van der Waals surface area contributed by atoms with Crippen LogP contribution in [0.4, 0.5) is 0 Å². The average molecular weight is 263 g/mol. The lowest BCUT2D eigenvalue weighted by Crippen LogP contribution is -2.46. The zero-order valence-corrected chi connectivity index (χ0v) is 13.3. The van der Waals surface area contributed by atoms with Crippen LogP contribution in [0.25, 0.3) is 0 Å². The minimum absolute atomic E-state index is 0.516. The third kappa shape index (κ3) is 3.84. The van der Waals surface area contributed by atoms with Gasteiger partial charge in [-0.1, -0.05) is 45.3 Å². The maximum atomic E-state index is 3.90. The smallest absolute Gasteiger partial charge is 0.0312 e. The Bertz CT molecular complexity index is 303. The van der Waals surface area contributed by atoms with Gasteiger partial charge in [-0.25, -0.2) is 0 Å². The summed E-state index contributed by atoms with van der Waals surface area (Å²) in [4.78, 5) is 0. The van der Waals surface area contributed by atoms with Crippen molar-refractivity contribution in [3.8, 4) is 0 Å². The standard InChI is InChI=1S/C18H33N/c1-4-14-19-17(15-10-6-5-7-11-15)16-12-8-9-13-18(16,2)3/h10,16-17,19H,4-9,11-14H2,1-3H3. The van der Waals surface area contributed by atoms with Crippen LogP contribution in [0.5, 0.6) is 0 Å². The second-order valence-corrected chi connectivity index (χ2v) is 7.30. The lowest BCUT2D eigenvalue weighted by molar-refractivity contribution is 0.108. The van der Waals surface area contributed by atoms with Gasteiger partial charge in [0.2, 0.25) is 0 Å². The van der Waals surface area contributed by atoms with E-state index in [9.17, 15) is 0 Å². The van der Waals surface area contributed by atoms with Gasteiger partial charge < -0.3 is 5.32 Å². The number of hydrogen-bond donors (Lipinski definition) is 1. The van der Waals surface area contributed by atoms with E-state index < -0.39 is 0 Å². The monoisotopic (exact) mass is 263 g/mol. The molecule has 2 unspecified atom stereocenters. The Morgan fingerprint density at radius 3 is 2.74 bits per heavy atom. The summed E-state index contributed by atoms with van der Waals surface area (Å²) in [6.07, 6.45) is 15.0. The fourth-order valence-corrected chi connectivity index (χ4v) is 4.12. The van der Waals surface area contributed by atoms with Crippen molar-refractivity contribution in [3.63, 3.8) is 0 Å². The van der Waals surface area contributed by atoms with Gasteiger partial charge >= 0.3 is 0 Å². The molecule has 2 atom stereocenters. The average Bonchev–Trinajstić information content (AvgIpc) is 2.42. The van der Waals surface area contributed by atoms with Crippen LogP contribution in [0.1, 0.15) is 78.6 Å². The lowest BCUT2D eigenvalue weighted by Gasteiger charge is -2.45. The normalized spacial score (nSPS) is 28.8. The van der Waals surface area contributed by atoms with Crippen molar-refractivity contribution in [2.45, 2.75) is 84.6 Å². The van der Waals surface area contributed by atoms with Crippen LogP contribution in [-0.4, -0.2) is 12.6 Å². The molecule has 110 valence electrons. The Balaban J connectivity index is 2.13. The number of nitrogens with one attached hydrogen (secondary N) is 1. The molecule has 1 heteroatoms. The van der Waals surface area contributed by atoms with E-state index in [-0.39, 0.29) is 0 Å². The number of rotatable bonds is 5. The molecule has 0 radical (unpaired) electrons. The largest absolute Gasteiger partial charge is 0.310 e. The summed E-state index contributed by atoms with van der Waals surface area (Å²) >= 11 is 0. The molecule has 2 aliphatic carbocycles. The zero-order valence-electron chi connectivity index (χ0n) is 13.3. The van der Waals surface area contributed by atoms with Crippen molar-refractivity contribution in [3.05, 3.63) is 11.6 Å². The summed E-state index contributed by atoms with van der Waals surface area (Å²) in [6.45, 7) is 8.46. The lowest BCUT2D eigenvalue weighted by atomic mass is 9.64. The SMILES string of the molecule is CCCNC(C1=CCCCC1)C1CCCCC1(C)C. The van der Waals surface area contributed by atoms with Gasteiger partial charge in [0, 0.05) is 6.04 Å². The van der Waals surface area contributed by atoms with Gasteiger partial charge in [-0.05, 0) is 62.8 Å². The molecule has 0 aromatic carbocycles. The molecule has 1 saturated carbocycles. The molecule has 2 rings (SSSR count). The Hall–Kier alpha value is -0.300. The molecule has 1 nitrogen and oxygen atoms in total. The van der Waals surface area contributed by atoms with Crippen LogP contribution < -0.4 is 5.32 Å². The van der Waals surface area contributed by atoms with E-state index in [1.807, 2.05) is 0 Å². The van der Waals surface area contributed by atoms with Gasteiger partial charge in [0.1, 0.15) is 0 Å². The van der Waals surface area contributed by atoms with Gasteiger partial charge in [-0.3, -0.25) is 0 Å². The van der Waals surface area contributed by atoms with Crippen molar-refractivity contribution < 1.29 is 0 Å². The third-order valence-corrected chi connectivity index (χ3v) is 5.33. The van der Waals surface area contributed by atoms with Crippen molar-refractivity contribution >= 4 is 0 Å². The maximum Gasteiger partial charge on any atom is 0.0312 e.